The zero-order valence-electron chi connectivity index (χ0n) is 10.0. The van der Waals surface area contributed by atoms with Crippen LogP contribution in [0.25, 0.3) is 21.9 Å². The van der Waals surface area contributed by atoms with Crippen molar-refractivity contribution in [3.63, 3.8) is 0 Å². The van der Waals surface area contributed by atoms with Gasteiger partial charge in [0.1, 0.15) is 16.8 Å². The Morgan fingerprint density at radius 3 is 2.78 bits per heavy atom. The molecule has 0 aliphatic rings. The van der Waals surface area contributed by atoms with Crippen LogP contribution in [0.1, 0.15) is 21.8 Å². The van der Waals surface area contributed by atoms with Crippen LogP contribution in [0.5, 0.6) is 5.75 Å². The summed E-state index contributed by atoms with van der Waals surface area (Å²) < 4.78 is 5.54. The van der Waals surface area contributed by atoms with E-state index in [1.165, 1.54) is 0 Å². The van der Waals surface area contributed by atoms with Gasteiger partial charge in [-0.3, -0.25) is 4.79 Å². The quantitative estimate of drug-likeness (QED) is 0.665. The van der Waals surface area contributed by atoms with Crippen molar-refractivity contribution in [3.8, 4) is 5.75 Å². The molecule has 0 spiro atoms. The number of rotatable bonds is 1. The first-order valence-corrected chi connectivity index (χ1v) is 5.59. The zero-order chi connectivity index (χ0) is 12.9. The van der Waals surface area contributed by atoms with Crippen LogP contribution in [0, 0.1) is 13.8 Å². The molecule has 0 saturated heterocycles. The molecule has 4 heteroatoms. The van der Waals surface area contributed by atoms with E-state index in [1.54, 1.807) is 13.0 Å². The average molecular weight is 241 g/mol. The van der Waals surface area contributed by atoms with Crippen LogP contribution >= 0.6 is 0 Å². The van der Waals surface area contributed by atoms with Gasteiger partial charge < -0.3 is 9.52 Å². The lowest BCUT2D eigenvalue weighted by atomic mass is 10.1. The highest BCUT2D eigenvalue weighted by Gasteiger charge is 2.15. The number of aryl methyl sites for hydroxylation is 2. The third-order valence-electron chi connectivity index (χ3n) is 3.14. The predicted molar refractivity (Wildman–Crippen MR) is 68.0 cm³/mol. The average Bonchev–Trinajstić information content (AvgIpc) is 2.67. The molecule has 0 aliphatic heterocycles. The Labute approximate surface area is 103 Å². The van der Waals surface area contributed by atoms with E-state index >= 15 is 0 Å². The van der Waals surface area contributed by atoms with E-state index in [2.05, 4.69) is 4.98 Å². The lowest BCUT2D eigenvalue weighted by Crippen LogP contribution is -1.84. The third-order valence-corrected chi connectivity index (χ3v) is 3.14. The van der Waals surface area contributed by atoms with Gasteiger partial charge in [-0.2, -0.15) is 0 Å². The van der Waals surface area contributed by atoms with E-state index in [9.17, 15) is 9.90 Å². The maximum Gasteiger partial charge on any atom is 0.185 e. The highest BCUT2D eigenvalue weighted by Crippen LogP contribution is 2.35. The van der Waals surface area contributed by atoms with Gasteiger partial charge in [-0.25, -0.2) is 4.98 Å². The standard InChI is InChI=1S/C14H11NO3/c1-7-3-4-9-13(15-7)11(17)5-10-8(2)12(6-16)18-14(9)10/h3-6,17H,1-2H3. The number of carbonyl (C=O) groups excluding carboxylic acids is 1. The second-order valence-corrected chi connectivity index (χ2v) is 4.33. The first-order chi connectivity index (χ1) is 8.61. The molecule has 0 bridgehead atoms. The number of benzene rings is 1. The van der Waals surface area contributed by atoms with Gasteiger partial charge in [-0.05, 0) is 32.0 Å². The van der Waals surface area contributed by atoms with E-state index < -0.39 is 0 Å². The fraction of sp³-hybridized carbons (Fsp3) is 0.143. The Hall–Kier alpha value is -2.36. The molecule has 4 nitrogen and oxygen atoms in total. The summed E-state index contributed by atoms with van der Waals surface area (Å²) in [6, 6.07) is 5.28. The second kappa shape index (κ2) is 3.57. The number of furan rings is 1. The van der Waals surface area contributed by atoms with Crippen molar-refractivity contribution >= 4 is 28.2 Å². The van der Waals surface area contributed by atoms with Crippen molar-refractivity contribution in [2.24, 2.45) is 0 Å². The summed E-state index contributed by atoms with van der Waals surface area (Å²) in [5.74, 6) is 0.389. The summed E-state index contributed by atoms with van der Waals surface area (Å²) in [5.41, 5.74) is 2.64. The Bertz CT molecular complexity index is 787. The fourth-order valence-corrected chi connectivity index (χ4v) is 2.17. The Balaban J connectivity index is 2.57. The molecule has 3 rings (SSSR count). The molecule has 0 amide bonds. The van der Waals surface area contributed by atoms with Gasteiger partial charge in [-0.15, -0.1) is 0 Å². The first kappa shape index (κ1) is 10.8. The minimum absolute atomic E-state index is 0.0996. The minimum Gasteiger partial charge on any atom is -0.506 e. The van der Waals surface area contributed by atoms with Crippen molar-refractivity contribution in [2.45, 2.75) is 13.8 Å². The highest BCUT2D eigenvalue weighted by molar-refractivity contribution is 6.08. The van der Waals surface area contributed by atoms with Crippen LogP contribution in [0.4, 0.5) is 0 Å². The number of pyridine rings is 1. The molecule has 0 saturated carbocycles. The summed E-state index contributed by atoms with van der Waals surface area (Å²) >= 11 is 0. The molecule has 90 valence electrons. The molecule has 0 unspecified atom stereocenters. The van der Waals surface area contributed by atoms with Crippen LogP contribution in [-0.2, 0) is 0 Å². The second-order valence-electron chi connectivity index (χ2n) is 4.33. The van der Waals surface area contributed by atoms with E-state index in [0.717, 1.165) is 16.6 Å². The Morgan fingerprint density at radius 1 is 1.28 bits per heavy atom. The van der Waals surface area contributed by atoms with Crippen molar-refractivity contribution in [2.75, 3.05) is 0 Å². The molecular weight excluding hydrogens is 230 g/mol. The van der Waals surface area contributed by atoms with Crippen molar-refractivity contribution in [1.29, 1.82) is 0 Å². The third kappa shape index (κ3) is 1.32. The molecule has 18 heavy (non-hydrogen) atoms. The van der Waals surface area contributed by atoms with Crippen LogP contribution in [0.2, 0.25) is 0 Å². The molecule has 0 atom stereocenters. The maximum atomic E-state index is 10.9. The summed E-state index contributed by atoms with van der Waals surface area (Å²) in [6.07, 6.45) is 0.680. The van der Waals surface area contributed by atoms with E-state index in [1.807, 2.05) is 19.1 Å². The van der Waals surface area contributed by atoms with E-state index in [-0.39, 0.29) is 11.5 Å². The number of nitrogens with zero attached hydrogens (tertiary/aromatic N) is 1. The fourth-order valence-electron chi connectivity index (χ4n) is 2.17. The summed E-state index contributed by atoms with van der Waals surface area (Å²) in [4.78, 5) is 15.2. The number of fused-ring (bicyclic) bond motifs is 3. The molecule has 3 aromatic rings. The summed E-state index contributed by atoms with van der Waals surface area (Å²) in [6.45, 7) is 3.65. The Kier molecular flexibility index (Phi) is 2.13. The maximum absolute atomic E-state index is 10.9. The lowest BCUT2D eigenvalue weighted by Gasteiger charge is -2.02. The van der Waals surface area contributed by atoms with Gasteiger partial charge >= 0.3 is 0 Å². The first-order valence-electron chi connectivity index (χ1n) is 5.59. The van der Waals surface area contributed by atoms with Gasteiger partial charge in [0, 0.05) is 22.0 Å². The molecule has 0 aliphatic carbocycles. The Morgan fingerprint density at radius 2 is 2.06 bits per heavy atom. The molecule has 2 aromatic heterocycles. The van der Waals surface area contributed by atoms with E-state index in [0.29, 0.717) is 22.8 Å². The number of hydrogen-bond donors (Lipinski definition) is 1. The highest BCUT2D eigenvalue weighted by atomic mass is 16.3. The number of hydrogen-bond acceptors (Lipinski definition) is 4. The van der Waals surface area contributed by atoms with Gasteiger partial charge in [0.05, 0.1) is 0 Å². The van der Waals surface area contributed by atoms with Crippen LogP contribution in [-0.4, -0.2) is 16.4 Å². The van der Waals surface area contributed by atoms with Crippen LogP contribution in [0.15, 0.2) is 22.6 Å². The number of aromatic hydroxyl groups is 1. The van der Waals surface area contributed by atoms with Gasteiger partial charge in [0.15, 0.2) is 12.0 Å². The van der Waals surface area contributed by atoms with Crippen molar-refractivity contribution in [1.82, 2.24) is 4.98 Å². The summed E-state index contributed by atoms with van der Waals surface area (Å²) in [7, 11) is 0. The monoisotopic (exact) mass is 241 g/mol. The molecular formula is C14H11NO3. The van der Waals surface area contributed by atoms with Crippen molar-refractivity contribution in [3.05, 3.63) is 35.2 Å². The van der Waals surface area contributed by atoms with Gasteiger partial charge in [-0.1, -0.05) is 0 Å². The molecule has 0 radical (unpaired) electrons. The van der Waals surface area contributed by atoms with Gasteiger partial charge in [0.2, 0.25) is 0 Å². The number of carbonyl (C=O) groups is 1. The lowest BCUT2D eigenvalue weighted by molar-refractivity contribution is 0.110. The van der Waals surface area contributed by atoms with Gasteiger partial charge in [0.25, 0.3) is 0 Å². The SMILES string of the molecule is Cc1ccc2c(n1)c(O)cc1c(C)c(C=O)oc12. The van der Waals surface area contributed by atoms with Crippen LogP contribution in [0.3, 0.4) is 0 Å². The number of aldehydes is 1. The zero-order valence-corrected chi connectivity index (χ0v) is 10.0. The largest absolute Gasteiger partial charge is 0.506 e. The minimum atomic E-state index is 0.0996. The van der Waals surface area contributed by atoms with E-state index in [4.69, 9.17) is 4.42 Å². The topological polar surface area (TPSA) is 63.3 Å². The smallest absolute Gasteiger partial charge is 0.185 e. The normalized spacial score (nSPS) is 11.2. The van der Waals surface area contributed by atoms with Crippen LogP contribution < -0.4 is 0 Å². The predicted octanol–water partition coefficient (Wildman–Crippen LogP) is 3.12. The molecule has 1 N–H and O–H groups in total. The molecule has 0 fully saturated rings. The number of aromatic nitrogens is 1. The molecule has 2 heterocycles. The van der Waals surface area contributed by atoms with Crippen molar-refractivity contribution < 1.29 is 14.3 Å². The summed E-state index contributed by atoms with van der Waals surface area (Å²) in [5, 5.41) is 11.5. The number of phenols is 1. The molecule has 1 aromatic carbocycles. The number of phenolic OH excluding ortho intramolecular Hbond substituents is 1.